The Morgan fingerprint density at radius 3 is 2.53 bits per heavy atom. The van der Waals surface area contributed by atoms with Gasteiger partial charge in [-0.2, -0.15) is 0 Å². The first-order valence-corrected chi connectivity index (χ1v) is 6.96. The molecule has 1 rings (SSSR count). The van der Waals surface area contributed by atoms with E-state index < -0.39 is 0 Å². The first-order chi connectivity index (χ1) is 7.90. The molecule has 4 atom stereocenters. The fourth-order valence-corrected chi connectivity index (χ4v) is 2.72. The molecule has 3 N–H and O–H groups in total. The molecular formula is C14H28N2O. The quantitative estimate of drug-likeness (QED) is 0.792. The van der Waals surface area contributed by atoms with Gasteiger partial charge in [0.05, 0.1) is 0 Å². The standard InChI is InChI=1S/C14H28N2O/c1-9(2)7-11(4)16-14(17)12-6-5-10(3)13(15)8-12/h9-13H,5-8,15H2,1-4H3,(H,16,17). The lowest BCUT2D eigenvalue weighted by Crippen LogP contribution is -2.44. The minimum Gasteiger partial charge on any atom is -0.353 e. The van der Waals surface area contributed by atoms with E-state index in [9.17, 15) is 4.79 Å². The second kappa shape index (κ2) is 6.39. The van der Waals surface area contributed by atoms with E-state index in [0.717, 1.165) is 25.7 Å². The maximum Gasteiger partial charge on any atom is 0.223 e. The Morgan fingerprint density at radius 1 is 1.35 bits per heavy atom. The van der Waals surface area contributed by atoms with Gasteiger partial charge in [0.2, 0.25) is 5.91 Å². The van der Waals surface area contributed by atoms with Gasteiger partial charge in [-0.05, 0) is 44.4 Å². The first-order valence-electron chi connectivity index (χ1n) is 6.96. The smallest absolute Gasteiger partial charge is 0.223 e. The fraction of sp³-hybridized carbons (Fsp3) is 0.929. The molecule has 1 saturated carbocycles. The van der Waals surface area contributed by atoms with E-state index in [1.165, 1.54) is 0 Å². The van der Waals surface area contributed by atoms with Gasteiger partial charge in [-0.15, -0.1) is 0 Å². The van der Waals surface area contributed by atoms with Crippen molar-refractivity contribution in [2.75, 3.05) is 0 Å². The normalized spacial score (nSPS) is 31.3. The van der Waals surface area contributed by atoms with Gasteiger partial charge in [0, 0.05) is 18.0 Å². The SMILES string of the molecule is CC(C)CC(C)NC(=O)C1CCC(C)C(N)C1. The Bertz CT molecular complexity index is 253. The highest BCUT2D eigenvalue weighted by Crippen LogP contribution is 2.27. The summed E-state index contributed by atoms with van der Waals surface area (Å²) in [5, 5.41) is 3.12. The maximum absolute atomic E-state index is 12.1. The van der Waals surface area contributed by atoms with E-state index in [2.05, 4.69) is 33.0 Å². The Labute approximate surface area is 106 Å². The summed E-state index contributed by atoms with van der Waals surface area (Å²) < 4.78 is 0. The summed E-state index contributed by atoms with van der Waals surface area (Å²) in [5.41, 5.74) is 6.04. The van der Waals surface area contributed by atoms with Crippen LogP contribution in [0, 0.1) is 17.8 Å². The molecule has 0 saturated heterocycles. The second-order valence-electron chi connectivity index (χ2n) is 6.19. The first kappa shape index (κ1) is 14.5. The largest absolute Gasteiger partial charge is 0.353 e. The van der Waals surface area contributed by atoms with E-state index in [1.54, 1.807) is 0 Å². The van der Waals surface area contributed by atoms with E-state index in [-0.39, 0.29) is 23.9 Å². The van der Waals surface area contributed by atoms with Crippen LogP contribution in [0.1, 0.15) is 53.4 Å². The Hall–Kier alpha value is -0.570. The lowest BCUT2D eigenvalue weighted by Gasteiger charge is -2.31. The number of hydrogen-bond acceptors (Lipinski definition) is 2. The number of hydrogen-bond donors (Lipinski definition) is 2. The van der Waals surface area contributed by atoms with E-state index in [0.29, 0.717) is 11.8 Å². The van der Waals surface area contributed by atoms with Crippen LogP contribution in [0.15, 0.2) is 0 Å². The minimum absolute atomic E-state index is 0.135. The van der Waals surface area contributed by atoms with Crippen molar-refractivity contribution in [1.82, 2.24) is 5.32 Å². The van der Waals surface area contributed by atoms with Gasteiger partial charge < -0.3 is 11.1 Å². The molecule has 0 aromatic carbocycles. The van der Waals surface area contributed by atoms with E-state index in [4.69, 9.17) is 5.73 Å². The molecule has 0 aliphatic heterocycles. The zero-order valence-corrected chi connectivity index (χ0v) is 11.7. The molecule has 0 spiro atoms. The van der Waals surface area contributed by atoms with E-state index >= 15 is 0 Å². The molecule has 3 heteroatoms. The van der Waals surface area contributed by atoms with Gasteiger partial charge in [-0.25, -0.2) is 0 Å². The highest BCUT2D eigenvalue weighted by molar-refractivity contribution is 5.79. The molecular weight excluding hydrogens is 212 g/mol. The third-order valence-corrected chi connectivity index (χ3v) is 3.84. The molecule has 1 amide bonds. The zero-order chi connectivity index (χ0) is 13.0. The highest BCUT2D eigenvalue weighted by Gasteiger charge is 2.29. The average Bonchev–Trinajstić information content (AvgIpc) is 2.20. The van der Waals surface area contributed by atoms with Gasteiger partial charge in [-0.1, -0.05) is 20.8 Å². The van der Waals surface area contributed by atoms with Gasteiger partial charge in [0.1, 0.15) is 0 Å². The molecule has 17 heavy (non-hydrogen) atoms. The third-order valence-electron chi connectivity index (χ3n) is 3.84. The lowest BCUT2D eigenvalue weighted by molar-refractivity contribution is -0.127. The Balaban J connectivity index is 2.37. The highest BCUT2D eigenvalue weighted by atomic mass is 16.1. The molecule has 0 radical (unpaired) electrons. The summed E-state index contributed by atoms with van der Waals surface area (Å²) >= 11 is 0. The summed E-state index contributed by atoms with van der Waals surface area (Å²) in [6.45, 7) is 8.63. The molecule has 100 valence electrons. The Morgan fingerprint density at radius 2 is 2.00 bits per heavy atom. The topological polar surface area (TPSA) is 55.1 Å². The van der Waals surface area contributed by atoms with Crippen molar-refractivity contribution in [3.63, 3.8) is 0 Å². The van der Waals surface area contributed by atoms with Crippen LogP contribution in [0.25, 0.3) is 0 Å². The van der Waals surface area contributed by atoms with Crippen LogP contribution in [0.3, 0.4) is 0 Å². The average molecular weight is 240 g/mol. The molecule has 0 heterocycles. The molecule has 1 aliphatic carbocycles. The number of nitrogens with two attached hydrogens (primary N) is 1. The molecule has 4 unspecified atom stereocenters. The van der Waals surface area contributed by atoms with Crippen molar-refractivity contribution in [2.45, 2.75) is 65.5 Å². The molecule has 0 aromatic heterocycles. The predicted molar refractivity (Wildman–Crippen MR) is 71.5 cm³/mol. The van der Waals surface area contributed by atoms with Crippen LogP contribution >= 0.6 is 0 Å². The fourth-order valence-electron chi connectivity index (χ4n) is 2.72. The van der Waals surface area contributed by atoms with Crippen LogP contribution in [0.4, 0.5) is 0 Å². The van der Waals surface area contributed by atoms with Crippen LogP contribution in [0.2, 0.25) is 0 Å². The van der Waals surface area contributed by atoms with Crippen molar-refractivity contribution < 1.29 is 4.79 Å². The van der Waals surface area contributed by atoms with Crippen molar-refractivity contribution >= 4 is 5.91 Å². The number of nitrogens with one attached hydrogen (secondary N) is 1. The number of carbonyl (C=O) groups excluding carboxylic acids is 1. The van der Waals surface area contributed by atoms with Crippen molar-refractivity contribution in [3.05, 3.63) is 0 Å². The summed E-state index contributed by atoms with van der Waals surface area (Å²) in [6, 6.07) is 0.470. The van der Waals surface area contributed by atoms with Gasteiger partial charge in [-0.3, -0.25) is 4.79 Å². The van der Waals surface area contributed by atoms with Crippen LogP contribution in [-0.2, 0) is 4.79 Å². The maximum atomic E-state index is 12.1. The third kappa shape index (κ3) is 4.66. The zero-order valence-electron chi connectivity index (χ0n) is 11.7. The second-order valence-corrected chi connectivity index (χ2v) is 6.19. The van der Waals surface area contributed by atoms with Crippen LogP contribution < -0.4 is 11.1 Å². The minimum atomic E-state index is 0.135. The summed E-state index contributed by atoms with van der Waals surface area (Å²) in [5.74, 6) is 1.53. The monoisotopic (exact) mass is 240 g/mol. The summed E-state index contributed by atoms with van der Waals surface area (Å²) in [7, 11) is 0. The number of rotatable bonds is 4. The van der Waals surface area contributed by atoms with Crippen molar-refractivity contribution in [2.24, 2.45) is 23.5 Å². The Kier molecular flexibility index (Phi) is 5.44. The molecule has 3 nitrogen and oxygen atoms in total. The van der Waals surface area contributed by atoms with Crippen molar-refractivity contribution in [3.8, 4) is 0 Å². The molecule has 0 bridgehead atoms. The predicted octanol–water partition coefficient (Wildman–Crippen LogP) is 2.30. The van der Waals surface area contributed by atoms with E-state index in [1.807, 2.05) is 0 Å². The van der Waals surface area contributed by atoms with Gasteiger partial charge in [0.15, 0.2) is 0 Å². The summed E-state index contributed by atoms with van der Waals surface area (Å²) in [4.78, 5) is 12.1. The van der Waals surface area contributed by atoms with Gasteiger partial charge >= 0.3 is 0 Å². The van der Waals surface area contributed by atoms with Crippen LogP contribution in [-0.4, -0.2) is 18.0 Å². The molecule has 1 aliphatic rings. The number of amides is 1. The molecule has 0 aromatic rings. The number of carbonyl (C=O) groups is 1. The molecule has 1 fully saturated rings. The van der Waals surface area contributed by atoms with Crippen LogP contribution in [0.5, 0.6) is 0 Å². The summed E-state index contributed by atoms with van der Waals surface area (Å²) in [6.07, 6.45) is 3.97. The van der Waals surface area contributed by atoms with Gasteiger partial charge in [0.25, 0.3) is 0 Å². The lowest BCUT2D eigenvalue weighted by atomic mass is 9.79. The van der Waals surface area contributed by atoms with Crippen molar-refractivity contribution in [1.29, 1.82) is 0 Å².